The van der Waals surface area contributed by atoms with Crippen molar-refractivity contribution in [2.24, 2.45) is 11.8 Å². The van der Waals surface area contributed by atoms with Gasteiger partial charge in [0.25, 0.3) is 0 Å². The fourth-order valence-electron chi connectivity index (χ4n) is 6.71. The Morgan fingerprint density at radius 3 is 2.43 bits per heavy atom. The molecule has 1 atom stereocenters. The quantitative estimate of drug-likeness (QED) is 0.144. The Morgan fingerprint density at radius 2 is 1.73 bits per heavy atom. The number of thiophene rings is 1. The number of fused-ring (bicyclic) bond motifs is 1. The highest BCUT2D eigenvalue weighted by Crippen LogP contribution is 2.30. The Labute approximate surface area is 267 Å². The average molecular weight is 613 g/mol. The molecule has 234 valence electrons. The molecular formula is C37H48N4O2S. The van der Waals surface area contributed by atoms with Gasteiger partial charge in [-0.05, 0) is 66.8 Å². The average Bonchev–Trinajstić information content (AvgIpc) is 3.59. The van der Waals surface area contributed by atoms with Crippen LogP contribution < -0.4 is 0 Å². The lowest BCUT2D eigenvalue weighted by Crippen LogP contribution is -2.40. The van der Waals surface area contributed by atoms with Gasteiger partial charge < -0.3 is 9.47 Å². The van der Waals surface area contributed by atoms with Crippen LogP contribution in [0.1, 0.15) is 92.5 Å². The summed E-state index contributed by atoms with van der Waals surface area (Å²) >= 11 is 1.75. The lowest BCUT2D eigenvalue weighted by Gasteiger charge is -2.27. The zero-order valence-electron chi connectivity index (χ0n) is 26.9. The molecule has 7 heteroatoms. The second-order valence-electron chi connectivity index (χ2n) is 12.7. The van der Waals surface area contributed by atoms with Gasteiger partial charge >= 0.3 is 0 Å². The molecule has 2 aromatic carbocycles. The largest absolute Gasteiger partial charge is 0.341 e. The first-order chi connectivity index (χ1) is 21.4. The van der Waals surface area contributed by atoms with E-state index in [1.54, 1.807) is 11.3 Å². The highest BCUT2D eigenvalue weighted by atomic mass is 32.1. The van der Waals surface area contributed by atoms with Crippen LogP contribution >= 0.6 is 11.3 Å². The van der Waals surface area contributed by atoms with Gasteiger partial charge in [0, 0.05) is 68.0 Å². The first kappa shape index (κ1) is 32.1. The Bertz CT molecular complexity index is 1510. The number of nitrogens with zero attached hydrogens (tertiary/aromatic N) is 4. The van der Waals surface area contributed by atoms with Gasteiger partial charge in [-0.1, -0.05) is 64.1 Å². The molecule has 4 aromatic rings. The van der Waals surface area contributed by atoms with Gasteiger partial charge in [-0.25, -0.2) is 4.98 Å². The van der Waals surface area contributed by atoms with E-state index in [0.29, 0.717) is 30.5 Å². The molecule has 6 nitrogen and oxygen atoms in total. The number of rotatable bonds is 13. The third-order valence-corrected chi connectivity index (χ3v) is 9.87. The third kappa shape index (κ3) is 7.86. The summed E-state index contributed by atoms with van der Waals surface area (Å²) in [7, 11) is 0. The number of carbonyl (C=O) groups excluding carboxylic acids is 2. The third-order valence-electron chi connectivity index (χ3n) is 8.99. The summed E-state index contributed by atoms with van der Waals surface area (Å²) in [6.45, 7) is 12.9. The lowest BCUT2D eigenvalue weighted by atomic mass is 9.89. The van der Waals surface area contributed by atoms with Crippen LogP contribution in [0.3, 0.4) is 0 Å². The van der Waals surface area contributed by atoms with Crippen LogP contribution in [0.5, 0.6) is 0 Å². The number of aromatic nitrogens is 2. The zero-order chi connectivity index (χ0) is 31.1. The summed E-state index contributed by atoms with van der Waals surface area (Å²) in [5.41, 5.74) is 3.91. The van der Waals surface area contributed by atoms with Gasteiger partial charge in [0.1, 0.15) is 5.82 Å². The van der Waals surface area contributed by atoms with Crippen LogP contribution in [0.2, 0.25) is 0 Å². The molecule has 5 rings (SSSR count). The maximum absolute atomic E-state index is 13.9. The summed E-state index contributed by atoms with van der Waals surface area (Å²) in [6, 6.07) is 21.1. The van der Waals surface area contributed by atoms with Crippen molar-refractivity contribution in [1.29, 1.82) is 0 Å². The van der Waals surface area contributed by atoms with Crippen molar-refractivity contribution < 1.29 is 9.59 Å². The van der Waals surface area contributed by atoms with E-state index >= 15 is 0 Å². The number of amides is 1. The van der Waals surface area contributed by atoms with Crippen LogP contribution in [0.15, 0.2) is 66.0 Å². The van der Waals surface area contributed by atoms with Crippen molar-refractivity contribution in [3.05, 3.63) is 87.9 Å². The Kier molecular flexibility index (Phi) is 11.0. The Hall–Kier alpha value is -3.29. The molecule has 0 saturated carbocycles. The van der Waals surface area contributed by atoms with E-state index in [4.69, 9.17) is 4.98 Å². The molecule has 2 aromatic heterocycles. The van der Waals surface area contributed by atoms with Gasteiger partial charge in [0.2, 0.25) is 5.91 Å². The van der Waals surface area contributed by atoms with E-state index < -0.39 is 0 Å². The molecule has 0 bridgehead atoms. The van der Waals surface area contributed by atoms with Gasteiger partial charge in [-0.3, -0.25) is 14.5 Å². The molecule has 44 heavy (non-hydrogen) atoms. The molecule has 1 aliphatic heterocycles. The van der Waals surface area contributed by atoms with Crippen LogP contribution in [-0.4, -0.2) is 57.2 Å². The topological polar surface area (TPSA) is 58.4 Å². The monoisotopic (exact) mass is 612 g/mol. The standard InChI is InChI=1S/C37H48N4O2S/c1-5-31(6-2)41-34-16-15-29(23-33(34)38-36(41)25-32-14-10-21-44-32)35(42)24-30(22-27(3)4)37(43)40-18-11-17-39(19-20-40)26-28-12-8-7-9-13-28/h7-10,12-16,21,23,27,30-31H,5-6,11,17-20,22,24-26H2,1-4H3/t30-/m1/s1. The first-order valence-corrected chi connectivity index (χ1v) is 17.4. The smallest absolute Gasteiger partial charge is 0.226 e. The maximum Gasteiger partial charge on any atom is 0.226 e. The molecule has 0 unspecified atom stereocenters. The fraction of sp³-hybridized carbons (Fsp3) is 0.486. The number of ketones is 1. The molecule has 1 saturated heterocycles. The summed E-state index contributed by atoms with van der Waals surface area (Å²) in [4.78, 5) is 38.5. The highest BCUT2D eigenvalue weighted by molar-refractivity contribution is 7.09. The van der Waals surface area contributed by atoms with E-state index in [0.717, 1.165) is 68.7 Å². The van der Waals surface area contributed by atoms with Gasteiger partial charge in [-0.2, -0.15) is 0 Å². The zero-order valence-corrected chi connectivity index (χ0v) is 27.7. The molecule has 1 amide bonds. The molecular weight excluding hydrogens is 565 g/mol. The predicted molar refractivity (Wildman–Crippen MR) is 181 cm³/mol. The van der Waals surface area contributed by atoms with E-state index in [9.17, 15) is 9.59 Å². The minimum atomic E-state index is -0.310. The number of benzene rings is 2. The van der Waals surface area contributed by atoms with E-state index in [1.165, 1.54) is 10.4 Å². The van der Waals surface area contributed by atoms with Gasteiger partial charge in [0.15, 0.2) is 5.78 Å². The van der Waals surface area contributed by atoms with Crippen LogP contribution in [0.4, 0.5) is 0 Å². The van der Waals surface area contributed by atoms with Gasteiger partial charge in [0.05, 0.1) is 11.0 Å². The summed E-state index contributed by atoms with van der Waals surface area (Å²) < 4.78 is 2.38. The molecule has 0 radical (unpaired) electrons. The van der Waals surface area contributed by atoms with E-state index in [-0.39, 0.29) is 24.0 Å². The fourth-order valence-corrected chi connectivity index (χ4v) is 7.41. The summed E-state index contributed by atoms with van der Waals surface area (Å²) in [5, 5.41) is 2.11. The van der Waals surface area contributed by atoms with Crippen LogP contribution in [0.25, 0.3) is 11.0 Å². The summed E-state index contributed by atoms with van der Waals surface area (Å²) in [6.07, 6.45) is 4.74. The molecule has 1 aliphatic rings. The van der Waals surface area contributed by atoms with Crippen molar-refractivity contribution in [2.45, 2.75) is 78.8 Å². The minimum absolute atomic E-state index is 0.0308. The molecule has 0 spiro atoms. The van der Waals surface area contributed by atoms with Crippen LogP contribution in [-0.2, 0) is 17.8 Å². The number of Topliss-reactive ketones (excluding diaryl/α,β-unsaturated/α-hetero) is 1. The number of imidazole rings is 1. The molecule has 1 fully saturated rings. The second-order valence-corrected chi connectivity index (χ2v) is 13.8. The van der Waals surface area contributed by atoms with E-state index in [2.05, 4.69) is 85.0 Å². The lowest BCUT2D eigenvalue weighted by molar-refractivity contribution is -0.135. The summed E-state index contributed by atoms with van der Waals surface area (Å²) in [5.74, 6) is 1.23. The minimum Gasteiger partial charge on any atom is -0.341 e. The van der Waals surface area contributed by atoms with Crippen molar-refractivity contribution in [3.63, 3.8) is 0 Å². The maximum atomic E-state index is 13.9. The van der Waals surface area contributed by atoms with Crippen molar-refractivity contribution in [1.82, 2.24) is 19.4 Å². The highest BCUT2D eigenvalue weighted by Gasteiger charge is 2.29. The van der Waals surface area contributed by atoms with E-state index in [1.807, 2.05) is 23.1 Å². The molecule has 0 aliphatic carbocycles. The molecule has 0 N–H and O–H groups in total. The normalized spacial score (nSPS) is 15.3. The van der Waals surface area contributed by atoms with Gasteiger partial charge in [-0.15, -0.1) is 11.3 Å². The number of hydrogen-bond donors (Lipinski definition) is 0. The second kappa shape index (κ2) is 15.1. The SMILES string of the molecule is CCC(CC)n1c(Cc2cccs2)nc2cc(C(=O)C[C@@H](CC(C)C)C(=O)N3CCCN(Cc4ccccc4)CC3)ccc21. The first-order valence-electron chi connectivity index (χ1n) is 16.5. The van der Waals surface area contributed by atoms with Crippen molar-refractivity contribution >= 4 is 34.1 Å². The number of hydrogen-bond acceptors (Lipinski definition) is 5. The van der Waals surface area contributed by atoms with Crippen molar-refractivity contribution in [2.75, 3.05) is 26.2 Å². The molecule has 3 heterocycles. The predicted octanol–water partition coefficient (Wildman–Crippen LogP) is 8.02. The van der Waals surface area contributed by atoms with Crippen LogP contribution in [0, 0.1) is 11.8 Å². The number of carbonyl (C=O) groups is 2. The van der Waals surface area contributed by atoms with Crippen molar-refractivity contribution in [3.8, 4) is 0 Å². The Balaban J connectivity index is 1.31. The Morgan fingerprint density at radius 1 is 0.932 bits per heavy atom.